The van der Waals surface area contributed by atoms with Crippen molar-refractivity contribution in [1.82, 2.24) is 15.6 Å². The van der Waals surface area contributed by atoms with Gasteiger partial charge in [-0.25, -0.2) is 15.3 Å². The lowest BCUT2D eigenvalue weighted by Gasteiger charge is -2.08. The van der Waals surface area contributed by atoms with Crippen molar-refractivity contribution in [3.63, 3.8) is 0 Å². The van der Waals surface area contributed by atoms with Gasteiger partial charge in [0.05, 0.1) is 12.0 Å². The van der Waals surface area contributed by atoms with Gasteiger partial charge in [-0.15, -0.1) is 0 Å². The molecule has 0 saturated carbocycles. The highest BCUT2D eigenvalue weighted by atomic mass is 16.5. The lowest BCUT2D eigenvalue weighted by Crippen LogP contribution is -2.31. The SMILES string of the molecule is CCOC(=O)NNc1n[nH]c(=O)c2ccccc12. The minimum absolute atomic E-state index is 0.271. The second-order valence-corrected chi connectivity index (χ2v) is 3.42. The van der Waals surface area contributed by atoms with Crippen LogP contribution in [0.15, 0.2) is 29.1 Å². The molecule has 0 fully saturated rings. The Balaban J connectivity index is 2.26. The van der Waals surface area contributed by atoms with Gasteiger partial charge < -0.3 is 4.74 Å². The maximum Gasteiger partial charge on any atom is 0.425 e. The summed E-state index contributed by atoms with van der Waals surface area (Å²) >= 11 is 0. The van der Waals surface area contributed by atoms with E-state index in [1.54, 1.807) is 31.2 Å². The molecule has 0 unspecified atom stereocenters. The summed E-state index contributed by atoms with van der Waals surface area (Å²) in [7, 11) is 0. The van der Waals surface area contributed by atoms with E-state index in [9.17, 15) is 9.59 Å². The Hall–Kier alpha value is -2.57. The van der Waals surface area contributed by atoms with E-state index in [1.807, 2.05) is 0 Å². The number of anilines is 1. The van der Waals surface area contributed by atoms with Crippen LogP contribution in [0.4, 0.5) is 10.6 Å². The Labute approximate surface area is 102 Å². The number of hydrogen-bond donors (Lipinski definition) is 3. The highest BCUT2D eigenvalue weighted by molar-refractivity contribution is 5.91. The molecule has 1 aromatic heterocycles. The molecule has 2 aromatic rings. The van der Waals surface area contributed by atoms with Gasteiger partial charge in [-0.05, 0) is 13.0 Å². The first-order chi connectivity index (χ1) is 8.72. The predicted molar refractivity (Wildman–Crippen MR) is 66.1 cm³/mol. The van der Waals surface area contributed by atoms with Crippen molar-refractivity contribution >= 4 is 22.7 Å². The minimum atomic E-state index is -0.616. The highest BCUT2D eigenvalue weighted by Crippen LogP contribution is 2.15. The van der Waals surface area contributed by atoms with Crippen LogP contribution in [0.2, 0.25) is 0 Å². The Morgan fingerprint density at radius 3 is 2.83 bits per heavy atom. The van der Waals surface area contributed by atoms with Crippen molar-refractivity contribution in [3.8, 4) is 0 Å². The summed E-state index contributed by atoms with van der Waals surface area (Å²) in [6, 6.07) is 6.93. The molecular formula is C11H12N4O3. The summed E-state index contributed by atoms with van der Waals surface area (Å²) < 4.78 is 4.69. The molecule has 0 aliphatic carbocycles. The van der Waals surface area contributed by atoms with E-state index in [0.717, 1.165) is 0 Å². The van der Waals surface area contributed by atoms with Crippen molar-refractivity contribution in [1.29, 1.82) is 0 Å². The first-order valence-electron chi connectivity index (χ1n) is 5.38. The first kappa shape index (κ1) is 11.9. The molecule has 3 N–H and O–H groups in total. The molecule has 1 amide bonds. The molecule has 94 valence electrons. The highest BCUT2D eigenvalue weighted by Gasteiger charge is 2.06. The van der Waals surface area contributed by atoms with E-state index < -0.39 is 6.09 Å². The summed E-state index contributed by atoms with van der Waals surface area (Å²) in [5.41, 5.74) is 4.62. The normalized spacial score (nSPS) is 10.1. The zero-order valence-corrected chi connectivity index (χ0v) is 9.69. The van der Waals surface area contributed by atoms with Crippen molar-refractivity contribution in [2.75, 3.05) is 12.0 Å². The molecule has 0 aliphatic rings. The summed E-state index contributed by atoms with van der Waals surface area (Å²) in [5.74, 6) is 0.346. The molecule has 7 heteroatoms. The van der Waals surface area contributed by atoms with Gasteiger partial charge in [0.25, 0.3) is 5.56 Å². The molecule has 2 rings (SSSR count). The van der Waals surface area contributed by atoms with Gasteiger partial charge in [0.1, 0.15) is 0 Å². The van der Waals surface area contributed by atoms with E-state index in [4.69, 9.17) is 0 Å². The third-order valence-corrected chi connectivity index (χ3v) is 2.25. The van der Waals surface area contributed by atoms with Gasteiger partial charge in [-0.1, -0.05) is 18.2 Å². The van der Waals surface area contributed by atoms with Gasteiger partial charge in [0.15, 0.2) is 5.82 Å². The number of hydrogen-bond acceptors (Lipinski definition) is 5. The van der Waals surface area contributed by atoms with Crippen molar-refractivity contribution in [3.05, 3.63) is 34.6 Å². The van der Waals surface area contributed by atoms with Gasteiger partial charge in [-0.2, -0.15) is 5.10 Å². The fraction of sp³-hybridized carbons (Fsp3) is 0.182. The van der Waals surface area contributed by atoms with Crippen LogP contribution < -0.4 is 16.4 Å². The van der Waals surface area contributed by atoms with E-state index >= 15 is 0 Å². The summed E-state index contributed by atoms with van der Waals surface area (Å²) in [6.45, 7) is 1.97. The Bertz CT molecular complexity index is 623. The van der Waals surface area contributed by atoms with Crippen LogP contribution in [0.3, 0.4) is 0 Å². The monoisotopic (exact) mass is 248 g/mol. The van der Waals surface area contributed by atoms with Crippen molar-refractivity contribution in [2.24, 2.45) is 0 Å². The molecular weight excluding hydrogens is 236 g/mol. The molecule has 0 aliphatic heterocycles. The third kappa shape index (κ3) is 2.40. The number of aromatic nitrogens is 2. The number of rotatable bonds is 3. The summed E-state index contributed by atoms with van der Waals surface area (Å²) in [5, 5.41) is 7.25. The predicted octanol–water partition coefficient (Wildman–Crippen LogP) is 0.996. The number of nitrogens with one attached hydrogen (secondary N) is 3. The topological polar surface area (TPSA) is 96.1 Å². The lowest BCUT2D eigenvalue weighted by atomic mass is 10.2. The van der Waals surface area contributed by atoms with Crippen LogP contribution in [0.25, 0.3) is 10.8 Å². The molecule has 0 spiro atoms. The third-order valence-electron chi connectivity index (χ3n) is 2.25. The lowest BCUT2D eigenvalue weighted by molar-refractivity contribution is 0.154. The number of hydrazine groups is 1. The number of fused-ring (bicyclic) bond motifs is 1. The Morgan fingerprint density at radius 1 is 1.39 bits per heavy atom. The van der Waals surface area contributed by atoms with Gasteiger partial charge >= 0.3 is 6.09 Å². The van der Waals surface area contributed by atoms with Gasteiger partial charge in [0, 0.05) is 5.39 Å². The number of carbonyl (C=O) groups is 1. The average molecular weight is 248 g/mol. The quantitative estimate of drug-likeness (QED) is 0.704. The first-order valence-corrected chi connectivity index (χ1v) is 5.38. The number of amides is 1. The largest absolute Gasteiger partial charge is 0.449 e. The van der Waals surface area contributed by atoms with Crippen LogP contribution in [0.5, 0.6) is 0 Å². The number of H-pyrrole nitrogens is 1. The summed E-state index contributed by atoms with van der Waals surface area (Å²) in [4.78, 5) is 22.6. The van der Waals surface area contributed by atoms with Gasteiger partial charge in [0.2, 0.25) is 0 Å². The van der Waals surface area contributed by atoms with Crippen molar-refractivity contribution < 1.29 is 9.53 Å². The van der Waals surface area contributed by atoms with Crippen LogP contribution >= 0.6 is 0 Å². The molecule has 7 nitrogen and oxygen atoms in total. The fourth-order valence-corrected chi connectivity index (χ4v) is 1.49. The smallest absolute Gasteiger partial charge is 0.425 e. The van der Waals surface area contributed by atoms with Crippen LogP contribution in [-0.4, -0.2) is 22.9 Å². The maximum absolute atomic E-state index is 11.5. The number of ether oxygens (including phenoxy) is 1. The average Bonchev–Trinajstić information content (AvgIpc) is 2.39. The second-order valence-electron chi connectivity index (χ2n) is 3.42. The Morgan fingerprint density at radius 2 is 2.11 bits per heavy atom. The number of nitrogens with zero attached hydrogens (tertiary/aromatic N) is 1. The number of carbonyl (C=O) groups excluding carboxylic acids is 1. The number of aromatic amines is 1. The van der Waals surface area contributed by atoms with Crippen LogP contribution in [0.1, 0.15) is 6.92 Å². The van der Waals surface area contributed by atoms with E-state index in [2.05, 4.69) is 25.8 Å². The second kappa shape index (κ2) is 5.17. The zero-order chi connectivity index (χ0) is 13.0. The summed E-state index contributed by atoms with van der Waals surface area (Å²) in [6.07, 6.45) is -0.616. The van der Waals surface area contributed by atoms with Crippen LogP contribution in [0, 0.1) is 0 Å². The Kier molecular flexibility index (Phi) is 3.42. The van der Waals surface area contributed by atoms with Crippen molar-refractivity contribution in [2.45, 2.75) is 6.92 Å². The molecule has 1 heterocycles. The molecule has 1 aromatic carbocycles. The van der Waals surface area contributed by atoms with Gasteiger partial charge in [-0.3, -0.25) is 10.2 Å². The molecule has 0 radical (unpaired) electrons. The van der Waals surface area contributed by atoms with E-state index in [1.165, 1.54) is 0 Å². The zero-order valence-electron chi connectivity index (χ0n) is 9.69. The molecule has 0 atom stereocenters. The number of benzene rings is 1. The maximum atomic E-state index is 11.5. The fourth-order valence-electron chi connectivity index (χ4n) is 1.49. The van der Waals surface area contributed by atoms with Crippen LogP contribution in [-0.2, 0) is 4.74 Å². The molecule has 0 saturated heterocycles. The van der Waals surface area contributed by atoms with E-state index in [-0.39, 0.29) is 12.2 Å². The minimum Gasteiger partial charge on any atom is -0.449 e. The molecule has 18 heavy (non-hydrogen) atoms. The molecule has 0 bridgehead atoms. The van der Waals surface area contributed by atoms with E-state index in [0.29, 0.717) is 16.6 Å². The standard InChI is InChI=1S/C11H12N4O3/c1-2-18-11(17)15-13-9-7-5-3-4-6-8(7)10(16)14-12-9/h3-6H,2H2,1H3,(H,12,13)(H,14,16)(H,15,17).